The smallest absolute Gasteiger partial charge is 0.243 e. The first-order valence-electron chi connectivity index (χ1n) is 14.0. The molecule has 43 heavy (non-hydrogen) atoms. The Hall–Kier alpha value is -4.42. The molecule has 1 aliphatic heterocycles. The standard InChI is InChI=1S/C31H30F2N6O3S/c32-25-8-5-23(6-9-25)19-38-22-27(34-35-38)21-37-20-24(29-3-1-2-4-30(29)37)7-14-31(40)36-15-17-39(18-16-36)43(41,42)28-12-10-26(33)11-13-28/h1-6,8-13,20,22H,7,14-19,21H2. The first-order chi connectivity index (χ1) is 20.8. The highest BCUT2D eigenvalue weighted by molar-refractivity contribution is 7.89. The monoisotopic (exact) mass is 604 g/mol. The molecule has 1 saturated heterocycles. The van der Waals surface area contributed by atoms with Crippen molar-refractivity contribution in [3.8, 4) is 0 Å². The van der Waals surface area contributed by atoms with Crippen LogP contribution in [-0.4, -0.2) is 69.3 Å². The van der Waals surface area contributed by atoms with E-state index >= 15 is 0 Å². The van der Waals surface area contributed by atoms with Crippen molar-refractivity contribution in [2.75, 3.05) is 26.2 Å². The number of amides is 1. The normalized spacial score (nSPS) is 14.4. The fourth-order valence-corrected chi connectivity index (χ4v) is 6.85. The second kappa shape index (κ2) is 12.1. The van der Waals surface area contributed by atoms with Gasteiger partial charge in [0.25, 0.3) is 0 Å². The third kappa shape index (κ3) is 6.35. The largest absolute Gasteiger partial charge is 0.341 e. The number of aromatic nitrogens is 4. The van der Waals surface area contributed by atoms with Gasteiger partial charge >= 0.3 is 0 Å². The lowest BCUT2D eigenvalue weighted by Crippen LogP contribution is -2.50. The van der Waals surface area contributed by atoms with Crippen molar-refractivity contribution in [3.63, 3.8) is 0 Å². The number of fused-ring (bicyclic) bond motifs is 1. The molecular weight excluding hydrogens is 574 g/mol. The van der Waals surface area contributed by atoms with Crippen molar-refractivity contribution in [2.24, 2.45) is 0 Å². The molecule has 1 fully saturated rings. The highest BCUT2D eigenvalue weighted by Gasteiger charge is 2.30. The molecule has 0 atom stereocenters. The van der Waals surface area contributed by atoms with Crippen molar-refractivity contribution in [1.29, 1.82) is 0 Å². The molecule has 3 heterocycles. The minimum Gasteiger partial charge on any atom is -0.341 e. The van der Waals surface area contributed by atoms with Gasteiger partial charge in [0.05, 0.1) is 24.2 Å². The number of aryl methyl sites for hydroxylation is 1. The van der Waals surface area contributed by atoms with E-state index in [-0.39, 0.29) is 29.7 Å². The minimum atomic E-state index is -3.75. The van der Waals surface area contributed by atoms with Crippen LogP contribution in [0.3, 0.4) is 0 Å². The maximum atomic E-state index is 13.2. The summed E-state index contributed by atoms with van der Waals surface area (Å²) in [6, 6.07) is 19.1. The topological polar surface area (TPSA) is 93.3 Å². The average Bonchev–Trinajstić information content (AvgIpc) is 3.61. The van der Waals surface area contributed by atoms with Crippen molar-refractivity contribution < 1.29 is 22.0 Å². The van der Waals surface area contributed by atoms with Crippen LogP contribution in [0.25, 0.3) is 10.9 Å². The van der Waals surface area contributed by atoms with Gasteiger partial charge in [-0.1, -0.05) is 35.5 Å². The maximum absolute atomic E-state index is 13.2. The molecule has 0 bridgehead atoms. The third-order valence-corrected chi connectivity index (χ3v) is 9.61. The van der Waals surface area contributed by atoms with E-state index in [0.29, 0.717) is 39.0 Å². The number of nitrogens with zero attached hydrogens (tertiary/aromatic N) is 6. The number of hydrogen-bond donors (Lipinski definition) is 0. The van der Waals surface area contributed by atoms with E-state index in [1.54, 1.807) is 21.7 Å². The molecule has 0 spiro atoms. The Kier molecular flexibility index (Phi) is 8.04. The van der Waals surface area contributed by atoms with Gasteiger partial charge in [-0.05, 0) is 60.0 Å². The summed E-state index contributed by atoms with van der Waals surface area (Å²) in [4.78, 5) is 14.9. The molecule has 12 heteroatoms. The maximum Gasteiger partial charge on any atom is 0.243 e. The summed E-state index contributed by atoms with van der Waals surface area (Å²) in [5.41, 5.74) is 3.77. The summed E-state index contributed by atoms with van der Waals surface area (Å²) < 4.78 is 57.5. The van der Waals surface area contributed by atoms with Crippen LogP contribution in [0.4, 0.5) is 8.78 Å². The van der Waals surface area contributed by atoms with E-state index in [0.717, 1.165) is 39.9 Å². The van der Waals surface area contributed by atoms with Crippen LogP contribution in [0.2, 0.25) is 0 Å². The zero-order valence-corrected chi connectivity index (χ0v) is 24.1. The molecule has 0 radical (unpaired) electrons. The summed E-state index contributed by atoms with van der Waals surface area (Å²) in [5.74, 6) is -0.806. The van der Waals surface area contributed by atoms with E-state index in [2.05, 4.69) is 14.9 Å². The lowest BCUT2D eigenvalue weighted by Gasteiger charge is -2.34. The molecule has 1 aliphatic rings. The summed E-state index contributed by atoms with van der Waals surface area (Å²) in [6.07, 6.45) is 4.76. The number of hydrogen-bond acceptors (Lipinski definition) is 5. The zero-order chi connectivity index (χ0) is 30.0. The van der Waals surface area contributed by atoms with E-state index in [4.69, 9.17) is 0 Å². The van der Waals surface area contributed by atoms with Crippen LogP contribution in [0.15, 0.2) is 90.1 Å². The second-order valence-corrected chi connectivity index (χ2v) is 12.5. The molecule has 0 N–H and O–H groups in total. The number of rotatable bonds is 9. The van der Waals surface area contributed by atoms with Gasteiger partial charge < -0.3 is 9.47 Å². The Morgan fingerprint density at radius 3 is 2.21 bits per heavy atom. The quantitative estimate of drug-likeness (QED) is 0.253. The summed E-state index contributed by atoms with van der Waals surface area (Å²) in [7, 11) is -3.75. The van der Waals surface area contributed by atoms with Crippen molar-refractivity contribution in [3.05, 3.63) is 114 Å². The SMILES string of the molecule is O=C(CCc1cn(Cc2cn(Cc3ccc(F)cc3)nn2)c2ccccc12)N1CCN(S(=O)(=O)c2ccc(F)cc2)CC1. The summed E-state index contributed by atoms with van der Waals surface area (Å²) in [6.45, 7) is 1.96. The van der Waals surface area contributed by atoms with E-state index in [1.807, 2.05) is 36.7 Å². The van der Waals surface area contributed by atoms with Crippen LogP contribution < -0.4 is 0 Å². The molecule has 0 saturated carbocycles. The summed E-state index contributed by atoms with van der Waals surface area (Å²) >= 11 is 0. The third-order valence-electron chi connectivity index (χ3n) is 7.70. The number of piperazine rings is 1. The molecule has 0 unspecified atom stereocenters. The number of carbonyl (C=O) groups is 1. The van der Waals surface area contributed by atoms with Crippen molar-refractivity contribution in [2.45, 2.75) is 30.8 Å². The van der Waals surface area contributed by atoms with Crippen LogP contribution in [0.1, 0.15) is 23.2 Å². The predicted octanol–water partition coefficient (Wildman–Crippen LogP) is 4.07. The Morgan fingerprint density at radius 1 is 0.814 bits per heavy atom. The predicted molar refractivity (Wildman–Crippen MR) is 157 cm³/mol. The minimum absolute atomic E-state index is 0.0283. The zero-order valence-electron chi connectivity index (χ0n) is 23.3. The Labute approximate surface area is 248 Å². The van der Waals surface area contributed by atoms with Crippen LogP contribution >= 0.6 is 0 Å². The van der Waals surface area contributed by atoms with Gasteiger partial charge in [-0.25, -0.2) is 21.9 Å². The summed E-state index contributed by atoms with van der Waals surface area (Å²) in [5, 5.41) is 9.60. The van der Waals surface area contributed by atoms with Crippen LogP contribution in [-0.2, 0) is 34.3 Å². The molecule has 3 aromatic carbocycles. The lowest BCUT2D eigenvalue weighted by atomic mass is 10.1. The van der Waals surface area contributed by atoms with E-state index in [9.17, 15) is 22.0 Å². The molecule has 5 aromatic rings. The molecule has 2 aromatic heterocycles. The van der Waals surface area contributed by atoms with Crippen LogP contribution in [0.5, 0.6) is 0 Å². The molecule has 1 amide bonds. The highest BCUT2D eigenvalue weighted by atomic mass is 32.2. The Morgan fingerprint density at radius 2 is 1.49 bits per heavy atom. The molecule has 222 valence electrons. The molecule has 9 nitrogen and oxygen atoms in total. The number of benzene rings is 3. The Balaban J connectivity index is 1.07. The molecule has 6 rings (SSSR count). The van der Waals surface area contributed by atoms with Gasteiger partial charge in [-0.3, -0.25) is 4.79 Å². The van der Waals surface area contributed by atoms with Gasteiger partial charge in [0.1, 0.15) is 17.3 Å². The Bertz CT molecular complexity index is 1840. The first kappa shape index (κ1) is 28.7. The van der Waals surface area contributed by atoms with Gasteiger partial charge in [-0.15, -0.1) is 5.10 Å². The van der Waals surface area contributed by atoms with Crippen molar-refractivity contribution >= 4 is 26.8 Å². The number of halogens is 2. The number of sulfonamides is 1. The average molecular weight is 605 g/mol. The fourth-order valence-electron chi connectivity index (χ4n) is 5.43. The van der Waals surface area contributed by atoms with E-state index in [1.165, 1.54) is 28.6 Å². The number of carbonyl (C=O) groups excluding carboxylic acids is 1. The highest BCUT2D eigenvalue weighted by Crippen LogP contribution is 2.24. The first-order valence-corrected chi connectivity index (χ1v) is 15.4. The van der Waals surface area contributed by atoms with Crippen LogP contribution in [0, 0.1) is 11.6 Å². The second-order valence-electron chi connectivity index (χ2n) is 10.6. The van der Waals surface area contributed by atoms with E-state index < -0.39 is 15.8 Å². The molecular formula is C31H30F2N6O3S. The lowest BCUT2D eigenvalue weighted by molar-refractivity contribution is -0.132. The van der Waals surface area contributed by atoms with Gasteiger partial charge in [0.15, 0.2) is 0 Å². The fraction of sp³-hybridized carbons (Fsp3) is 0.258. The number of para-hydroxylation sites is 1. The van der Waals surface area contributed by atoms with Crippen molar-refractivity contribution in [1.82, 2.24) is 28.8 Å². The molecule has 0 aliphatic carbocycles. The van der Waals surface area contributed by atoms with Gasteiger partial charge in [0.2, 0.25) is 15.9 Å². The van der Waals surface area contributed by atoms with Gasteiger partial charge in [0, 0.05) is 49.7 Å². The van der Waals surface area contributed by atoms with Gasteiger partial charge in [-0.2, -0.15) is 4.31 Å².